The Labute approximate surface area is 116 Å². The van der Waals surface area contributed by atoms with Crippen molar-refractivity contribution in [2.75, 3.05) is 19.0 Å². The highest BCUT2D eigenvalue weighted by Crippen LogP contribution is 2.26. The molecule has 0 atom stereocenters. The van der Waals surface area contributed by atoms with E-state index in [4.69, 9.17) is 4.74 Å². The molecule has 0 saturated heterocycles. The second kappa shape index (κ2) is 5.34. The second-order valence-corrected chi connectivity index (χ2v) is 4.59. The largest absolute Gasteiger partial charge is 0.508 e. The number of nitrogens with zero attached hydrogens (tertiary/aromatic N) is 2. The summed E-state index contributed by atoms with van der Waals surface area (Å²) >= 11 is 0. The number of ether oxygens (including phenoxy) is 1. The third-order valence-electron chi connectivity index (χ3n) is 3.21. The number of benzene rings is 1. The molecule has 0 bridgehead atoms. The first-order chi connectivity index (χ1) is 9.76. The third-order valence-corrected chi connectivity index (χ3v) is 3.21. The van der Waals surface area contributed by atoms with Crippen molar-refractivity contribution in [3.05, 3.63) is 35.5 Å². The van der Waals surface area contributed by atoms with Gasteiger partial charge in [0.05, 0.1) is 12.8 Å². The molecule has 1 aliphatic rings. The molecule has 104 valence electrons. The Bertz CT molecular complexity index is 631. The van der Waals surface area contributed by atoms with Crippen LogP contribution in [0.2, 0.25) is 0 Å². The van der Waals surface area contributed by atoms with E-state index in [0.717, 1.165) is 35.7 Å². The molecule has 6 nitrogen and oxygen atoms in total. The molecule has 3 N–H and O–H groups in total. The molecule has 3 rings (SSSR count). The van der Waals surface area contributed by atoms with Gasteiger partial charge in [0, 0.05) is 23.9 Å². The van der Waals surface area contributed by atoms with Crippen LogP contribution < -0.4 is 15.4 Å². The van der Waals surface area contributed by atoms with E-state index < -0.39 is 0 Å². The van der Waals surface area contributed by atoms with Crippen LogP contribution in [0.25, 0.3) is 0 Å². The van der Waals surface area contributed by atoms with Gasteiger partial charge in [-0.25, -0.2) is 0 Å². The lowest BCUT2D eigenvalue weighted by molar-refractivity contribution is 0.376. The summed E-state index contributed by atoms with van der Waals surface area (Å²) in [6, 6.07) is 7.29. The minimum absolute atomic E-state index is 0.214. The Hall–Kier alpha value is -2.34. The molecule has 2 heterocycles. The van der Waals surface area contributed by atoms with Crippen LogP contribution in [0, 0.1) is 0 Å². The number of phenols is 1. The summed E-state index contributed by atoms with van der Waals surface area (Å²) in [6.45, 7) is 1.61. The molecule has 0 aliphatic carbocycles. The molecule has 2 aromatic rings. The number of nitrogens with one attached hydrogen (secondary N) is 2. The Morgan fingerprint density at radius 1 is 1.35 bits per heavy atom. The Kier molecular flexibility index (Phi) is 3.39. The van der Waals surface area contributed by atoms with E-state index in [-0.39, 0.29) is 5.75 Å². The van der Waals surface area contributed by atoms with E-state index in [2.05, 4.69) is 20.6 Å². The molecule has 0 amide bonds. The lowest BCUT2D eigenvalue weighted by atomic mass is 10.1. The topological polar surface area (TPSA) is 79.3 Å². The standard InChI is InChI=1S/C14H16N4O2/c1-20-14-17-12-8-15-6-5-11(12)13(18-14)16-9-3-2-4-10(19)7-9/h2-4,7,15,19H,5-6,8H2,1H3,(H,16,17,18). The quantitative estimate of drug-likeness (QED) is 0.787. The van der Waals surface area contributed by atoms with Crippen molar-refractivity contribution >= 4 is 11.5 Å². The van der Waals surface area contributed by atoms with Crippen molar-refractivity contribution in [3.8, 4) is 11.8 Å². The smallest absolute Gasteiger partial charge is 0.318 e. The van der Waals surface area contributed by atoms with Crippen LogP contribution in [0.15, 0.2) is 24.3 Å². The highest BCUT2D eigenvalue weighted by Gasteiger charge is 2.18. The van der Waals surface area contributed by atoms with Gasteiger partial charge < -0.3 is 20.5 Å². The van der Waals surface area contributed by atoms with Gasteiger partial charge in [-0.2, -0.15) is 9.97 Å². The van der Waals surface area contributed by atoms with Crippen molar-refractivity contribution in [2.24, 2.45) is 0 Å². The van der Waals surface area contributed by atoms with Gasteiger partial charge in [0.25, 0.3) is 0 Å². The van der Waals surface area contributed by atoms with Crippen LogP contribution in [0.3, 0.4) is 0 Å². The second-order valence-electron chi connectivity index (χ2n) is 4.59. The van der Waals surface area contributed by atoms with Crippen molar-refractivity contribution in [2.45, 2.75) is 13.0 Å². The van der Waals surface area contributed by atoms with E-state index in [1.54, 1.807) is 25.3 Å². The molecular formula is C14H16N4O2. The molecule has 1 aromatic carbocycles. The first-order valence-corrected chi connectivity index (χ1v) is 6.47. The molecular weight excluding hydrogens is 256 g/mol. The Morgan fingerprint density at radius 3 is 3.05 bits per heavy atom. The molecule has 0 fully saturated rings. The maximum atomic E-state index is 9.52. The highest BCUT2D eigenvalue weighted by atomic mass is 16.5. The van der Waals surface area contributed by atoms with Crippen molar-refractivity contribution in [1.29, 1.82) is 0 Å². The van der Waals surface area contributed by atoms with Gasteiger partial charge in [0.15, 0.2) is 0 Å². The van der Waals surface area contributed by atoms with E-state index in [0.29, 0.717) is 12.6 Å². The summed E-state index contributed by atoms with van der Waals surface area (Å²) in [5, 5.41) is 16.0. The zero-order valence-corrected chi connectivity index (χ0v) is 11.2. The molecule has 0 radical (unpaired) electrons. The zero-order chi connectivity index (χ0) is 13.9. The van der Waals surface area contributed by atoms with Gasteiger partial charge in [0.1, 0.15) is 11.6 Å². The predicted octanol–water partition coefficient (Wildman–Crippen LogP) is 1.58. The number of phenolic OH excluding ortho intramolecular Hbond substituents is 1. The molecule has 20 heavy (non-hydrogen) atoms. The van der Waals surface area contributed by atoms with E-state index in [9.17, 15) is 5.11 Å². The van der Waals surface area contributed by atoms with Crippen LogP contribution in [0.4, 0.5) is 11.5 Å². The first kappa shape index (κ1) is 12.7. The maximum Gasteiger partial charge on any atom is 0.318 e. The Morgan fingerprint density at radius 2 is 2.25 bits per heavy atom. The van der Waals surface area contributed by atoms with Crippen LogP contribution in [0.1, 0.15) is 11.3 Å². The summed E-state index contributed by atoms with van der Waals surface area (Å²) in [6.07, 6.45) is 0.862. The molecule has 0 spiro atoms. The summed E-state index contributed by atoms with van der Waals surface area (Å²) in [7, 11) is 1.55. The van der Waals surface area contributed by atoms with Gasteiger partial charge in [-0.3, -0.25) is 0 Å². The number of fused-ring (bicyclic) bond motifs is 1. The number of methoxy groups -OCH3 is 1. The van der Waals surface area contributed by atoms with Crippen molar-refractivity contribution in [3.63, 3.8) is 0 Å². The third kappa shape index (κ3) is 2.50. The van der Waals surface area contributed by atoms with Crippen molar-refractivity contribution < 1.29 is 9.84 Å². The summed E-state index contributed by atoms with van der Waals surface area (Å²) in [5.41, 5.74) is 2.82. The fourth-order valence-corrected chi connectivity index (χ4v) is 2.25. The number of rotatable bonds is 3. The minimum atomic E-state index is 0.214. The molecule has 1 aliphatic heterocycles. The van der Waals surface area contributed by atoms with E-state index in [1.165, 1.54) is 0 Å². The highest BCUT2D eigenvalue weighted by molar-refractivity contribution is 5.62. The van der Waals surface area contributed by atoms with Gasteiger partial charge in [-0.1, -0.05) is 6.07 Å². The van der Waals surface area contributed by atoms with Crippen LogP contribution in [0.5, 0.6) is 11.8 Å². The number of aromatic nitrogens is 2. The molecule has 0 saturated carbocycles. The fourth-order valence-electron chi connectivity index (χ4n) is 2.25. The number of anilines is 2. The van der Waals surface area contributed by atoms with Gasteiger partial charge in [0.2, 0.25) is 0 Å². The average molecular weight is 272 g/mol. The molecule has 1 aromatic heterocycles. The fraction of sp³-hybridized carbons (Fsp3) is 0.286. The van der Waals surface area contributed by atoms with E-state index >= 15 is 0 Å². The van der Waals surface area contributed by atoms with Crippen LogP contribution in [-0.4, -0.2) is 28.7 Å². The summed E-state index contributed by atoms with van der Waals surface area (Å²) in [5.74, 6) is 0.950. The molecule has 6 heteroatoms. The van der Waals surface area contributed by atoms with Gasteiger partial charge in [-0.15, -0.1) is 0 Å². The van der Waals surface area contributed by atoms with Gasteiger partial charge in [-0.05, 0) is 25.1 Å². The van der Waals surface area contributed by atoms with Crippen LogP contribution >= 0.6 is 0 Å². The zero-order valence-electron chi connectivity index (χ0n) is 11.2. The number of hydrogen-bond donors (Lipinski definition) is 3. The number of aromatic hydroxyl groups is 1. The normalized spacial score (nSPS) is 13.7. The van der Waals surface area contributed by atoms with Crippen LogP contribution in [-0.2, 0) is 13.0 Å². The summed E-state index contributed by atoms with van der Waals surface area (Å²) in [4.78, 5) is 8.74. The van der Waals surface area contributed by atoms with E-state index in [1.807, 2.05) is 6.07 Å². The van der Waals surface area contributed by atoms with Crippen molar-refractivity contribution in [1.82, 2.24) is 15.3 Å². The average Bonchev–Trinajstić information content (AvgIpc) is 2.47. The monoisotopic (exact) mass is 272 g/mol. The molecule has 0 unspecified atom stereocenters. The number of hydrogen-bond acceptors (Lipinski definition) is 6. The lowest BCUT2D eigenvalue weighted by Crippen LogP contribution is -2.26. The van der Waals surface area contributed by atoms with Gasteiger partial charge >= 0.3 is 6.01 Å². The first-order valence-electron chi connectivity index (χ1n) is 6.47. The lowest BCUT2D eigenvalue weighted by Gasteiger charge is -2.20. The SMILES string of the molecule is COc1nc2c(c(Nc3cccc(O)c3)n1)CCNC2. The minimum Gasteiger partial charge on any atom is -0.508 e. The summed E-state index contributed by atoms with van der Waals surface area (Å²) < 4.78 is 5.14. The maximum absolute atomic E-state index is 9.52. The Balaban J connectivity index is 1.99. The predicted molar refractivity (Wildman–Crippen MR) is 75.4 cm³/mol.